The third kappa shape index (κ3) is 1.72. The van der Waals surface area contributed by atoms with E-state index in [0.717, 1.165) is 18.2 Å². The molecule has 1 aliphatic heterocycles. The van der Waals surface area contributed by atoms with Gasteiger partial charge in [-0.05, 0) is 23.8 Å². The Balaban J connectivity index is 2.47. The Morgan fingerprint density at radius 1 is 1.29 bits per heavy atom. The van der Waals surface area contributed by atoms with Gasteiger partial charge in [0.15, 0.2) is 0 Å². The summed E-state index contributed by atoms with van der Waals surface area (Å²) in [5.41, 5.74) is -0.758. The molecule has 1 aromatic carbocycles. The minimum absolute atomic E-state index is 0.00231. The molecule has 0 bridgehead atoms. The monoisotopic (exact) mass is 205 g/mol. The second kappa shape index (κ2) is 2.95. The van der Waals surface area contributed by atoms with E-state index in [2.05, 4.69) is 5.32 Å². The summed E-state index contributed by atoms with van der Waals surface area (Å²) in [6.45, 7) is 0.479. The fourth-order valence-electron chi connectivity index (χ4n) is 1.36. The van der Waals surface area contributed by atoms with Gasteiger partial charge in [-0.3, -0.25) is 0 Å². The summed E-state index contributed by atoms with van der Waals surface area (Å²) < 4.78 is 50.0. The van der Waals surface area contributed by atoms with E-state index in [0.29, 0.717) is 6.54 Å². The summed E-state index contributed by atoms with van der Waals surface area (Å²) in [7, 11) is 0. The van der Waals surface area contributed by atoms with Gasteiger partial charge in [-0.2, -0.15) is 13.2 Å². The van der Waals surface area contributed by atoms with Crippen LogP contribution in [0.2, 0.25) is 0 Å². The molecule has 76 valence electrons. The van der Waals surface area contributed by atoms with Crippen LogP contribution in [0, 0.1) is 5.82 Å². The molecule has 0 amide bonds. The van der Waals surface area contributed by atoms with Crippen molar-refractivity contribution in [2.24, 2.45) is 0 Å². The van der Waals surface area contributed by atoms with Crippen molar-refractivity contribution in [2.75, 3.05) is 6.54 Å². The summed E-state index contributed by atoms with van der Waals surface area (Å²) in [5, 5.41) is 2.72. The first kappa shape index (κ1) is 9.45. The van der Waals surface area contributed by atoms with E-state index in [4.69, 9.17) is 0 Å². The highest BCUT2D eigenvalue weighted by atomic mass is 19.4. The van der Waals surface area contributed by atoms with Gasteiger partial charge in [-0.1, -0.05) is 0 Å². The Hall–Kier alpha value is -1.10. The lowest BCUT2D eigenvalue weighted by Crippen LogP contribution is -2.09. The first-order valence-electron chi connectivity index (χ1n) is 4.08. The van der Waals surface area contributed by atoms with Crippen molar-refractivity contribution < 1.29 is 17.6 Å². The number of hydrogen-bond donors (Lipinski definition) is 1. The molecule has 1 fully saturated rings. The van der Waals surface area contributed by atoms with E-state index in [1.54, 1.807) is 0 Å². The van der Waals surface area contributed by atoms with Crippen LogP contribution in [0.15, 0.2) is 18.2 Å². The van der Waals surface area contributed by atoms with Crippen LogP contribution in [0.1, 0.15) is 17.2 Å². The highest BCUT2D eigenvalue weighted by Gasteiger charge is 2.37. The molecule has 1 heterocycles. The normalized spacial score (nSPS) is 21.0. The molecule has 2 rings (SSSR count). The largest absolute Gasteiger partial charge is 0.416 e. The van der Waals surface area contributed by atoms with Gasteiger partial charge in [0.05, 0.1) is 5.56 Å². The molecule has 0 aliphatic carbocycles. The fourth-order valence-corrected chi connectivity index (χ4v) is 1.36. The zero-order valence-corrected chi connectivity index (χ0v) is 7.03. The third-order valence-corrected chi connectivity index (χ3v) is 2.10. The molecular formula is C9H7F4N. The van der Waals surface area contributed by atoms with Crippen LogP contribution in [0.3, 0.4) is 0 Å². The summed E-state index contributed by atoms with van der Waals surface area (Å²) in [4.78, 5) is 0. The lowest BCUT2D eigenvalue weighted by molar-refractivity contribution is -0.138. The maximum Gasteiger partial charge on any atom is 0.416 e. The molecule has 0 aromatic heterocycles. The highest BCUT2D eigenvalue weighted by Crippen LogP contribution is 2.37. The van der Waals surface area contributed by atoms with Crippen LogP contribution in [-0.2, 0) is 6.18 Å². The van der Waals surface area contributed by atoms with Crippen LogP contribution in [0.5, 0.6) is 0 Å². The molecule has 1 unspecified atom stereocenters. The number of benzene rings is 1. The second-order valence-corrected chi connectivity index (χ2v) is 3.19. The van der Waals surface area contributed by atoms with Gasteiger partial charge in [0.2, 0.25) is 0 Å². The zero-order valence-electron chi connectivity index (χ0n) is 7.03. The van der Waals surface area contributed by atoms with Gasteiger partial charge < -0.3 is 5.32 Å². The average molecular weight is 205 g/mol. The fraction of sp³-hybridized carbons (Fsp3) is 0.333. The summed E-state index contributed by atoms with van der Waals surface area (Å²) >= 11 is 0. The van der Waals surface area contributed by atoms with Gasteiger partial charge in [0.25, 0.3) is 0 Å². The Morgan fingerprint density at radius 3 is 2.43 bits per heavy atom. The van der Waals surface area contributed by atoms with E-state index in [1.807, 2.05) is 0 Å². The summed E-state index contributed by atoms with van der Waals surface area (Å²) in [6, 6.07) is 2.20. The van der Waals surface area contributed by atoms with Crippen molar-refractivity contribution in [1.82, 2.24) is 5.32 Å². The van der Waals surface area contributed by atoms with Crippen LogP contribution >= 0.6 is 0 Å². The SMILES string of the molecule is Fc1ccc(C(F)(F)F)c(C2CN2)c1. The standard InChI is InChI=1S/C9H7F4N/c10-5-1-2-7(9(11,12)13)6(3-5)8-4-14-8/h1-3,8,14H,4H2. The van der Waals surface area contributed by atoms with Gasteiger partial charge in [-0.25, -0.2) is 4.39 Å². The van der Waals surface area contributed by atoms with Gasteiger partial charge >= 0.3 is 6.18 Å². The highest BCUT2D eigenvalue weighted by molar-refractivity contribution is 5.35. The zero-order chi connectivity index (χ0) is 10.3. The van der Waals surface area contributed by atoms with Crippen LogP contribution in [-0.4, -0.2) is 6.54 Å². The molecule has 1 saturated heterocycles. The molecule has 1 N–H and O–H groups in total. The molecular weight excluding hydrogens is 198 g/mol. The maximum absolute atomic E-state index is 12.7. The Kier molecular flexibility index (Phi) is 1.99. The van der Waals surface area contributed by atoms with Crippen molar-refractivity contribution in [3.05, 3.63) is 35.1 Å². The number of alkyl halides is 3. The van der Waals surface area contributed by atoms with Gasteiger partial charge in [0.1, 0.15) is 5.82 Å². The van der Waals surface area contributed by atoms with E-state index in [-0.39, 0.29) is 11.6 Å². The molecule has 14 heavy (non-hydrogen) atoms. The summed E-state index contributed by atoms with van der Waals surface area (Å²) in [5.74, 6) is -0.637. The van der Waals surface area contributed by atoms with Crippen LogP contribution in [0.4, 0.5) is 17.6 Å². The smallest absolute Gasteiger partial charge is 0.307 e. The molecule has 0 radical (unpaired) electrons. The van der Waals surface area contributed by atoms with Crippen molar-refractivity contribution in [1.29, 1.82) is 0 Å². The predicted octanol–water partition coefficient (Wildman–Crippen LogP) is 2.49. The molecule has 1 atom stereocenters. The number of hydrogen-bond acceptors (Lipinski definition) is 1. The number of halogens is 4. The minimum Gasteiger partial charge on any atom is -0.307 e. The topological polar surface area (TPSA) is 21.9 Å². The van der Waals surface area contributed by atoms with Crippen molar-refractivity contribution >= 4 is 0 Å². The van der Waals surface area contributed by atoms with Crippen LogP contribution in [0.25, 0.3) is 0 Å². The Morgan fingerprint density at radius 2 is 1.93 bits per heavy atom. The molecule has 1 aliphatic rings. The van der Waals surface area contributed by atoms with Crippen molar-refractivity contribution in [3.63, 3.8) is 0 Å². The Labute approximate surface area is 77.7 Å². The summed E-state index contributed by atoms with van der Waals surface area (Å²) in [6.07, 6.45) is -4.41. The number of rotatable bonds is 1. The van der Waals surface area contributed by atoms with Crippen molar-refractivity contribution in [2.45, 2.75) is 12.2 Å². The van der Waals surface area contributed by atoms with Crippen molar-refractivity contribution in [3.8, 4) is 0 Å². The quantitative estimate of drug-likeness (QED) is 0.552. The lowest BCUT2D eigenvalue weighted by atomic mass is 10.0. The number of nitrogens with one attached hydrogen (secondary N) is 1. The first-order valence-corrected chi connectivity index (χ1v) is 4.08. The van der Waals surface area contributed by atoms with E-state index >= 15 is 0 Å². The molecule has 0 spiro atoms. The average Bonchev–Trinajstić information content (AvgIpc) is 2.83. The van der Waals surface area contributed by atoms with E-state index < -0.39 is 17.6 Å². The second-order valence-electron chi connectivity index (χ2n) is 3.19. The molecule has 1 nitrogen and oxygen atoms in total. The Bertz CT molecular complexity index is 354. The molecule has 5 heteroatoms. The maximum atomic E-state index is 12.7. The van der Waals surface area contributed by atoms with E-state index in [9.17, 15) is 17.6 Å². The van der Waals surface area contributed by atoms with Gasteiger partial charge in [-0.15, -0.1) is 0 Å². The lowest BCUT2D eigenvalue weighted by Gasteiger charge is -2.11. The predicted molar refractivity (Wildman–Crippen MR) is 42.1 cm³/mol. The minimum atomic E-state index is -4.41. The van der Waals surface area contributed by atoms with Crippen LogP contribution < -0.4 is 5.32 Å². The van der Waals surface area contributed by atoms with E-state index in [1.165, 1.54) is 0 Å². The third-order valence-electron chi connectivity index (χ3n) is 2.10. The van der Waals surface area contributed by atoms with Gasteiger partial charge in [0, 0.05) is 12.6 Å². The molecule has 1 aromatic rings. The first-order chi connectivity index (χ1) is 6.48. The molecule has 0 saturated carbocycles.